The number of fused-ring (bicyclic) bond motifs is 1. The van der Waals surface area contributed by atoms with E-state index in [9.17, 15) is 13.2 Å². The Bertz CT molecular complexity index is 1360. The Morgan fingerprint density at radius 1 is 0.974 bits per heavy atom. The van der Waals surface area contributed by atoms with Crippen LogP contribution in [0.4, 0.5) is 24.9 Å². The van der Waals surface area contributed by atoms with E-state index in [1.807, 2.05) is 43.3 Å². The van der Waals surface area contributed by atoms with Gasteiger partial charge in [0.2, 0.25) is 5.95 Å². The third-order valence-electron chi connectivity index (χ3n) is 7.14. The van der Waals surface area contributed by atoms with Gasteiger partial charge in [-0.15, -0.1) is 0 Å². The van der Waals surface area contributed by atoms with Gasteiger partial charge in [-0.3, -0.25) is 5.10 Å². The molecule has 0 saturated heterocycles. The molecule has 2 heterocycles. The molecule has 2 aromatic heterocycles. The van der Waals surface area contributed by atoms with E-state index in [2.05, 4.69) is 20.8 Å². The number of H-pyrrole nitrogens is 1. The Balaban J connectivity index is 1.12. The van der Waals surface area contributed by atoms with Gasteiger partial charge in [-0.1, -0.05) is 24.3 Å². The summed E-state index contributed by atoms with van der Waals surface area (Å²) in [6.07, 6.45) is 1.73. The smallest absolute Gasteiger partial charge is 0.362 e. The molecule has 1 fully saturated rings. The van der Waals surface area contributed by atoms with Gasteiger partial charge in [0.1, 0.15) is 5.82 Å². The van der Waals surface area contributed by atoms with Crippen LogP contribution in [0.3, 0.4) is 0 Å². The van der Waals surface area contributed by atoms with Crippen LogP contribution in [-0.4, -0.2) is 46.8 Å². The number of aromatic nitrogens is 4. The van der Waals surface area contributed by atoms with Gasteiger partial charge in [-0.25, -0.2) is 4.98 Å². The first-order chi connectivity index (χ1) is 18.3. The highest BCUT2D eigenvalue weighted by Crippen LogP contribution is 2.32. The van der Waals surface area contributed by atoms with Gasteiger partial charge in [0.25, 0.3) is 0 Å². The van der Waals surface area contributed by atoms with Crippen LogP contribution in [0.5, 0.6) is 0 Å². The Kier molecular flexibility index (Phi) is 7.51. The first-order valence-corrected chi connectivity index (χ1v) is 12.9. The van der Waals surface area contributed by atoms with Crippen molar-refractivity contribution in [2.45, 2.75) is 44.4 Å². The lowest BCUT2D eigenvalue weighted by molar-refractivity contribution is -0.137. The van der Waals surface area contributed by atoms with Crippen molar-refractivity contribution in [2.24, 2.45) is 5.92 Å². The zero-order chi connectivity index (χ0) is 26.7. The van der Waals surface area contributed by atoms with Gasteiger partial charge in [-0.2, -0.15) is 23.3 Å². The van der Waals surface area contributed by atoms with E-state index in [1.54, 1.807) is 6.20 Å². The first-order valence-electron chi connectivity index (χ1n) is 12.9. The van der Waals surface area contributed by atoms with Crippen LogP contribution in [0, 0.1) is 5.92 Å². The minimum Gasteiger partial charge on any atom is -0.362 e. The fourth-order valence-electron chi connectivity index (χ4n) is 5.09. The molecule has 5 rings (SSSR count). The number of nitrogens with zero attached hydrogens (tertiary/aromatic N) is 4. The Hall–Kier alpha value is -3.66. The number of hydrogen-bond acceptors (Lipinski definition) is 6. The summed E-state index contributed by atoms with van der Waals surface area (Å²) < 4.78 is 38.6. The molecule has 3 N–H and O–H groups in total. The molecule has 1 saturated carbocycles. The molecule has 0 spiro atoms. The second-order valence-electron chi connectivity index (χ2n) is 10.1. The van der Waals surface area contributed by atoms with Crippen molar-refractivity contribution in [2.75, 3.05) is 30.9 Å². The number of alkyl halides is 3. The van der Waals surface area contributed by atoms with Crippen LogP contribution in [0.15, 0.2) is 54.7 Å². The van der Waals surface area contributed by atoms with Crippen LogP contribution in [-0.2, 0) is 12.7 Å². The van der Waals surface area contributed by atoms with Crippen molar-refractivity contribution >= 4 is 22.7 Å². The summed E-state index contributed by atoms with van der Waals surface area (Å²) in [6, 6.07) is 13.5. The summed E-state index contributed by atoms with van der Waals surface area (Å²) in [4.78, 5) is 11.5. The fraction of sp³-hybridized carbons (Fsp3) is 0.393. The molecule has 0 unspecified atom stereocenters. The molecule has 0 aliphatic heterocycles. The third-order valence-corrected chi connectivity index (χ3v) is 7.14. The second kappa shape index (κ2) is 11.0. The highest BCUT2D eigenvalue weighted by atomic mass is 19.4. The van der Waals surface area contributed by atoms with Crippen LogP contribution in [0.2, 0.25) is 0 Å². The number of benzene rings is 2. The maximum Gasteiger partial charge on any atom is 0.416 e. The summed E-state index contributed by atoms with van der Waals surface area (Å²) >= 11 is 0. The second-order valence-corrected chi connectivity index (χ2v) is 10.1. The summed E-state index contributed by atoms with van der Waals surface area (Å²) in [5.74, 6) is 2.14. The number of rotatable bonds is 8. The number of nitrogens with one attached hydrogen (secondary N) is 3. The highest BCUT2D eigenvalue weighted by molar-refractivity contribution is 5.90. The van der Waals surface area contributed by atoms with Gasteiger partial charge in [0.15, 0.2) is 0 Å². The lowest BCUT2D eigenvalue weighted by Gasteiger charge is -2.29. The number of para-hydroxylation sites is 1. The van der Waals surface area contributed by atoms with Crippen LogP contribution < -0.4 is 15.5 Å². The Morgan fingerprint density at radius 2 is 1.71 bits per heavy atom. The molecule has 4 aromatic rings. The van der Waals surface area contributed by atoms with E-state index < -0.39 is 11.7 Å². The van der Waals surface area contributed by atoms with Crippen molar-refractivity contribution in [3.63, 3.8) is 0 Å². The first kappa shape index (κ1) is 26.0. The monoisotopic (exact) mass is 523 g/mol. The molecule has 0 atom stereocenters. The number of hydrogen-bond donors (Lipinski definition) is 3. The number of aromatic amines is 1. The molecule has 38 heavy (non-hydrogen) atoms. The quantitative estimate of drug-likeness (QED) is 0.268. The molecule has 0 bridgehead atoms. The van der Waals surface area contributed by atoms with E-state index >= 15 is 0 Å². The average molecular weight is 524 g/mol. The molecule has 0 amide bonds. The van der Waals surface area contributed by atoms with Crippen molar-refractivity contribution in [3.05, 3.63) is 65.9 Å². The maximum atomic E-state index is 12.9. The van der Waals surface area contributed by atoms with Crippen LogP contribution in [0.1, 0.15) is 36.8 Å². The van der Waals surface area contributed by atoms with Crippen LogP contribution >= 0.6 is 0 Å². The molecule has 1 aliphatic rings. The standard InChI is InChI=1S/C28H32F3N7/c1-38(2)26-23-5-3-4-6-24(23)35-27(36-26)34-22-13-7-18(8-14-22)15-32-16-20-17-33-37-25(20)19-9-11-21(12-10-19)28(29,30)31/h3-6,9-12,17-18,22,32H,7-8,13-16H2,1-2H3,(H,33,37)(H,34,35,36)/t18-,22+. The predicted octanol–water partition coefficient (Wildman–Crippen LogP) is 5.87. The molecule has 0 radical (unpaired) electrons. The minimum absolute atomic E-state index is 0.336. The van der Waals surface area contributed by atoms with Crippen molar-refractivity contribution in [1.82, 2.24) is 25.5 Å². The van der Waals surface area contributed by atoms with Gasteiger partial charge >= 0.3 is 6.18 Å². The van der Waals surface area contributed by atoms with Crippen LogP contribution in [0.25, 0.3) is 22.2 Å². The summed E-state index contributed by atoms with van der Waals surface area (Å²) in [7, 11) is 3.99. The lowest BCUT2D eigenvalue weighted by Crippen LogP contribution is -2.31. The SMILES string of the molecule is CN(C)c1nc(N[C@H]2CC[C@@H](CNCc3c[nH]nc3-c3ccc(C(F)(F)F)cc3)CC2)nc2ccccc12. The zero-order valence-electron chi connectivity index (χ0n) is 21.5. The minimum atomic E-state index is -4.35. The largest absolute Gasteiger partial charge is 0.416 e. The molecule has 10 heteroatoms. The molecule has 2 aromatic carbocycles. The molecular formula is C28H32F3N7. The van der Waals surface area contributed by atoms with E-state index in [-0.39, 0.29) is 0 Å². The Morgan fingerprint density at radius 3 is 2.42 bits per heavy atom. The normalized spacial score (nSPS) is 18.0. The van der Waals surface area contributed by atoms with Gasteiger partial charge in [0.05, 0.1) is 16.8 Å². The molecular weight excluding hydrogens is 491 g/mol. The molecule has 7 nitrogen and oxygen atoms in total. The Labute approximate surface area is 219 Å². The predicted molar refractivity (Wildman–Crippen MR) is 144 cm³/mol. The van der Waals surface area contributed by atoms with Crippen molar-refractivity contribution in [3.8, 4) is 11.3 Å². The van der Waals surface area contributed by atoms with Crippen molar-refractivity contribution < 1.29 is 13.2 Å². The topological polar surface area (TPSA) is 81.8 Å². The highest BCUT2D eigenvalue weighted by Gasteiger charge is 2.30. The fourth-order valence-corrected chi connectivity index (χ4v) is 5.09. The van der Waals surface area contributed by atoms with Gasteiger partial charge in [0, 0.05) is 49.4 Å². The zero-order valence-corrected chi connectivity index (χ0v) is 21.5. The molecule has 200 valence electrons. The van der Waals surface area contributed by atoms with E-state index in [0.717, 1.165) is 66.6 Å². The summed E-state index contributed by atoms with van der Waals surface area (Å²) in [5, 5.41) is 15.2. The van der Waals surface area contributed by atoms with Gasteiger partial charge in [-0.05, 0) is 62.4 Å². The summed E-state index contributed by atoms with van der Waals surface area (Å²) in [5.41, 5.74) is 2.54. The van der Waals surface area contributed by atoms with E-state index in [0.29, 0.717) is 35.7 Å². The van der Waals surface area contributed by atoms with E-state index in [4.69, 9.17) is 9.97 Å². The average Bonchev–Trinajstić information content (AvgIpc) is 3.37. The number of anilines is 2. The third kappa shape index (κ3) is 5.91. The lowest BCUT2D eigenvalue weighted by atomic mass is 9.86. The summed E-state index contributed by atoms with van der Waals surface area (Å²) in [6.45, 7) is 1.48. The van der Waals surface area contributed by atoms with Gasteiger partial charge < -0.3 is 15.5 Å². The maximum absolute atomic E-state index is 12.9. The van der Waals surface area contributed by atoms with E-state index in [1.165, 1.54) is 12.1 Å². The molecule has 1 aliphatic carbocycles. The van der Waals surface area contributed by atoms with Crippen molar-refractivity contribution in [1.29, 1.82) is 0 Å². The number of halogens is 3.